The number of urea groups is 1. The Morgan fingerprint density at radius 1 is 1.17 bits per heavy atom. The summed E-state index contributed by atoms with van der Waals surface area (Å²) >= 11 is 1.04. The predicted molar refractivity (Wildman–Crippen MR) is 159 cm³/mol. The fourth-order valence-electron chi connectivity index (χ4n) is 4.67. The Labute approximate surface area is 266 Å². The van der Waals surface area contributed by atoms with Gasteiger partial charge in [0, 0.05) is 47.8 Å². The van der Waals surface area contributed by atoms with E-state index in [1.165, 1.54) is 6.07 Å². The fourth-order valence-corrected chi connectivity index (χ4v) is 7.55. The number of aryl methyl sites for hydroxylation is 1. The van der Waals surface area contributed by atoms with Gasteiger partial charge in [0.05, 0.1) is 6.54 Å². The van der Waals surface area contributed by atoms with Crippen molar-refractivity contribution in [2.75, 3.05) is 6.54 Å². The molecule has 0 radical (unpaired) electrons. The lowest BCUT2D eigenvalue weighted by molar-refractivity contribution is -0.192. The lowest BCUT2D eigenvalue weighted by Crippen LogP contribution is -2.42. The average molecular weight is 697 g/mol. The highest BCUT2D eigenvalue weighted by molar-refractivity contribution is 7.92. The molecule has 17 heteroatoms. The standard InChI is InChI=1S/C27H33F3N4O3S2.C2HF3O2/c1-17(2)12-22-14-23(20-4-5-21(24(28)13-20)16-34-11-10-31-18(34)3)25(38-22)39(36,37)33-26(35)32-15-19-6-8-27(29,30)9-7-19;3-2(4,5)1(6)7/h4-5,10-11,13-14,17,19H,6-9,12,15-16H2,1-3H3,(H2,32,33,35);(H,6,7). The van der Waals surface area contributed by atoms with Crippen LogP contribution in [0.15, 0.2) is 40.9 Å². The van der Waals surface area contributed by atoms with Crippen LogP contribution in [-0.2, 0) is 27.8 Å². The molecule has 0 saturated heterocycles. The number of thiophene rings is 1. The smallest absolute Gasteiger partial charge is 0.475 e. The maximum absolute atomic E-state index is 15.1. The van der Waals surface area contributed by atoms with E-state index in [0.717, 1.165) is 22.0 Å². The van der Waals surface area contributed by atoms with Crippen LogP contribution in [-0.4, -0.2) is 53.7 Å². The van der Waals surface area contributed by atoms with Gasteiger partial charge in [0.2, 0.25) is 5.92 Å². The zero-order valence-electron chi connectivity index (χ0n) is 25.1. The molecule has 0 spiro atoms. The Bertz CT molecular complexity index is 1630. The summed E-state index contributed by atoms with van der Waals surface area (Å²) in [4.78, 5) is 26.3. The Morgan fingerprint density at radius 2 is 1.80 bits per heavy atom. The number of benzene rings is 1. The molecule has 3 N–H and O–H groups in total. The van der Waals surface area contributed by atoms with Crippen molar-refractivity contribution in [3.8, 4) is 11.1 Å². The number of carbonyl (C=O) groups is 2. The molecule has 2 aromatic heterocycles. The monoisotopic (exact) mass is 696 g/mol. The third-order valence-electron chi connectivity index (χ3n) is 7.09. The first-order valence-corrected chi connectivity index (χ1v) is 16.4. The Hall–Kier alpha value is -3.60. The van der Waals surface area contributed by atoms with E-state index < -0.39 is 39.9 Å². The molecule has 254 valence electrons. The number of nitrogens with one attached hydrogen (secondary N) is 2. The van der Waals surface area contributed by atoms with E-state index in [2.05, 4.69) is 10.3 Å². The van der Waals surface area contributed by atoms with Gasteiger partial charge in [0.15, 0.2) is 0 Å². The zero-order valence-corrected chi connectivity index (χ0v) is 26.8. The van der Waals surface area contributed by atoms with Gasteiger partial charge in [-0.1, -0.05) is 26.0 Å². The van der Waals surface area contributed by atoms with Crippen LogP contribution in [0.4, 0.5) is 31.1 Å². The maximum atomic E-state index is 15.1. The van der Waals surface area contributed by atoms with Crippen molar-refractivity contribution < 1.29 is 49.5 Å². The van der Waals surface area contributed by atoms with Crippen LogP contribution in [0.3, 0.4) is 0 Å². The van der Waals surface area contributed by atoms with Gasteiger partial charge in [-0.25, -0.2) is 40.9 Å². The van der Waals surface area contributed by atoms with E-state index in [-0.39, 0.29) is 54.8 Å². The number of sulfonamides is 1. The van der Waals surface area contributed by atoms with Gasteiger partial charge < -0.3 is 15.0 Å². The van der Waals surface area contributed by atoms with Crippen LogP contribution in [0.5, 0.6) is 0 Å². The van der Waals surface area contributed by atoms with E-state index in [9.17, 15) is 35.2 Å². The Kier molecular flexibility index (Phi) is 11.9. The molecule has 2 amide bonds. The zero-order chi connectivity index (χ0) is 34.4. The van der Waals surface area contributed by atoms with Crippen molar-refractivity contribution in [2.24, 2.45) is 11.8 Å². The van der Waals surface area contributed by atoms with Crippen molar-refractivity contribution in [1.29, 1.82) is 0 Å². The molecular weight excluding hydrogens is 662 g/mol. The molecule has 3 aromatic rings. The van der Waals surface area contributed by atoms with Crippen LogP contribution < -0.4 is 10.0 Å². The molecule has 1 aromatic carbocycles. The summed E-state index contributed by atoms with van der Waals surface area (Å²) in [6.07, 6.45) is -1.04. The number of halogens is 6. The van der Waals surface area contributed by atoms with Gasteiger partial charge in [-0.05, 0) is 55.7 Å². The number of imidazole rings is 1. The molecule has 1 aliphatic rings. The number of aromatic nitrogens is 2. The quantitative estimate of drug-likeness (QED) is 0.212. The minimum absolute atomic E-state index is 0.0804. The summed E-state index contributed by atoms with van der Waals surface area (Å²) in [5.74, 6) is -5.06. The van der Waals surface area contributed by atoms with Crippen LogP contribution in [0.25, 0.3) is 11.1 Å². The Balaban J connectivity index is 0.000000738. The number of carboxylic acids is 1. The predicted octanol–water partition coefficient (Wildman–Crippen LogP) is 6.75. The molecule has 0 atom stereocenters. The van der Waals surface area contributed by atoms with Crippen molar-refractivity contribution in [3.63, 3.8) is 0 Å². The third-order valence-corrected chi connectivity index (χ3v) is 10.1. The first-order chi connectivity index (χ1) is 21.3. The van der Waals surface area contributed by atoms with Crippen molar-refractivity contribution in [2.45, 2.75) is 75.7 Å². The highest BCUT2D eigenvalue weighted by Gasteiger charge is 2.38. The molecule has 0 aliphatic heterocycles. The lowest BCUT2D eigenvalue weighted by Gasteiger charge is -2.28. The number of nitrogens with zero attached hydrogens (tertiary/aromatic N) is 2. The lowest BCUT2D eigenvalue weighted by atomic mass is 9.87. The second-order valence-corrected chi connectivity index (χ2v) is 14.4. The van der Waals surface area contributed by atoms with E-state index >= 15 is 4.39 Å². The van der Waals surface area contributed by atoms with Crippen LogP contribution >= 0.6 is 11.3 Å². The van der Waals surface area contributed by atoms with Gasteiger partial charge in [0.1, 0.15) is 15.9 Å². The van der Waals surface area contributed by atoms with E-state index in [4.69, 9.17) is 9.90 Å². The first kappa shape index (κ1) is 36.9. The summed E-state index contributed by atoms with van der Waals surface area (Å²) in [6, 6.07) is 5.40. The normalized spacial score (nSPS) is 15.3. The van der Waals surface area contributed by atoms with Crippen LogP contribution in [0.1, 0.15) is 55.8 Å². The second kappa shape index (κ2) is 14.9. The van der Waals surface area contributed by atoms with Crippen LogP contribution in [0, 0.1) is 24.6 Å². The van der Waals surface area contributed by atoms with Crippen molar-refractivity contribution in [3.05, 3.63) is 58.7 Å². The number of alkyl halides is 5. The summed E-state index contributed by atoms with van der Waals surface area (Å²) in [7, 11) is -4.29. The number of carbonyl (C=O) groups excluding carboxylic acids is 1. The second-order valence-electron chi connectivity index (χ2n) is 11.3. The highest BCUT2D eigenvalue weighted by Crippen LogP contribution is 2.38. The summed E-state index contributed by atoms with van der Waals surface area (Å²) in [5.41, 5.74) is 1.13. The molecule has 0 bridgehead atoms. The molecule has 4 rings (SSSR count). The highest BCUT2D eigenvalue weighted by atomic mass is 32.2. The number of aliphatic carboxylic acids is 1. The summed E-state index contributed by atoms with van der Waals surface area (Å²) in [5, 5.41) is 9.63. The maximum Gasteiger partial charge on any atom is 0.490 e. The largest absolute Gasteiger partial charge is 0.490 e. The first-order valence-electron chi connectivity index (χ1n) is 14.1. The molecule has 1 fully saturated rings. The van der Waals surface area contributed by atoms with Gasteiger partial charge in [-0.15, -0.1) is 11.3 Å². The average Bonchev–Trinajstić information content (AvgIpc) is 3.54. The number of hydrogen-bond donors (Lipinski definition) is 3. The Morgan fingerprint density at radius 3 is 2.33 bits per heavy atom. The fraction of sp³-hybridized carbons (Fsp3) is 0.483. The van der Waals surface area contributed by atoms with Gasteiger partial charge in [-0.2, -0.15) is 13.2 Å². The number of hydrogen-bond acceptors (Lipinski definition) is 6. The SMILES string of the molecule is Cc1nccn1Cc1ccc(-c2cc(CC(C)C)sc2S(=O)(=O)NC(=O)NCC2CCC(F)(F)CC2)cc1F.O=C(O)C(F)(F)F. The van der Waals surface area contributed by atoms with E-state index in [1.807, 2.05) is 25.5 Å². The molecule has 0 unspecified atom stereocenters. The van der Waals surface area contributed by atoms with Crippen molar-refractivity contribution in [1.82, 2.24) is 19.6 Å². The minimum atomic E-state index is -5.08. The molecule has 1 saturated carbocycles. The van der Waals surface area contributed by atoms with Crippen LogP contribution in [0.2, 0.25) is 0 Å². The molecule has 2 heterocycles. The topological polar surface area (TPSA) is 130 Å². The van der Waals surface area contributed by atoms with Gasteiger partial charge in [0.25, 0.3) is 10.0 Å². The van der Waals surface area contributed by atoms with Crippen molar-refractivity contribution >= 4 is 33.4 Å². The van der Waals surface area contributed by atoms with Gasteiger partial charge in [-0.3, -0.25) is 0 Å². The molecule has 1 aliphatic carbocycles. The van der Waals surface area contributed by atoms with Gasteiger partial charge >= 0.3 is 18.2 Å². The number of carboxylic acid groups (broad SMARTS) is 1. The van der Waals surface area contributed by atoms with E-state index in [1.54, 1.807) is 35.2 Å². The summed E-state index contributed by atoms with van der Waals surface area (Å²) < 4.78 is 104. The molecular formula is C29H34F6N4O5S2. The number of amides is 2. The molecule has 46 heavy (non-hydrogen) atoms. The number of rotatable bonds is 9. The van der Waals surface area contributed by atoms with E-state index in [0.29, 0.717) is 23.1 Å². The summed E-state index contributed by atoms with van der Waals surface area (Å²) in [6.45, 7) is 6.23. The molecule has 9 nitrogen and oxygen atoms in total. The third kappa shape index (κ3) is 10.5. The minimum Gasteiger partial charge on any atom is -0.475 e.